The zero-order valence-corrected chi connectivity index (χ0v) is 16.7. The minimum absolute atomic E-state index is 0.0420. The Labute approximate surface area is 172 Å². The number of benzene rings is 2. The van der Waals surface area contributed by atoms with Crippen LogP contribution in [0.4, 0.5) is 13.2 Å². The van der Waals surface area contributed by atoms with Crippen molar-refractivity contribution in [3.63, 3.8) is 0 Å². The number of hydrogen-bond acceptors (Lipinski definition) is 4. The van der Waals surface area contributed by atoms with Gasteiger partial charge in [0.2, 0.25) is 10.0 Å². The van der Waals surface area contributed by atoms with Crippen molar-refractivity contribution >= 4 is 21.6 Å². The molecular weight excluding hydrogens is 427 g/mol. The van der Waals surface area contributed by atoms with Gasteiger partial charge in [0, 0.05) is 25.7 Å². The fraction of sp³-hybridized carbons (Fsp3) is 0.316. The van der Waals surface area contributed by atoms with E-state index in [1.54, 1.807) is 30.3 Å². The maximum Gasteiger partial charge on any atom is 0.416 e. The van der Waals surface area contributed by atoms with Gasteiger partial charge < -0.3 is 4.90 Å². The van der Waals surface area contributed by atoms with Crippen LogP contribution in [0.3, 0.4) is 0 Å². The van der Waals surface area contributed by atoms with Gasteiger partial charge in [0.15, 0.2) is 6.19 Å². The smallest absolute Gasteiger partial charge is 0.309 e. The van der Waals surface area contributed by atoms with E-state index in [-0.39, 0.29) is 18.1 Å². The summed E-state index contributed by atoms with van der Waals surface area (Å²) in [4.78, 5) is 0.826. The summed E-state index contributed by atoms with van der Waals surface area (Å²) in [5.41, 5.74) is -0.417. The van der Waals surface area contributed by atoms with Gasteiger partial charge in [0.05, 0.1) is 10.6 Å². The lowest BCUT2D eigenvalue weighted by molar-refractivity contribution is -0.137. The van der Waals surface area contributed by atoms with Crippen molar-refractivity contribution in [3.8, 4) is 6.19 Å². The largest absolute Gasteiger partial charge is 0.416 e. The van der Waals surface area contributed by atoms with Crippen LogP contribution in [-0.4, -0.2) is 36.8 Å². The zero-order valence-electron chi connectivity index (χ0n) is 15.1. The van der Waals surface area contributed by atoms with E-state index in [9.17, 15) is 21.6 Å². The zero-order chi connectivity index (χ0) is 21.2. The predicted molar refractivity (Wildman–Crippen MR) is 101 cm³/mol. The maximum atomic E-state index is 13.4. The van der Waals surface area contributed by atoms with Crippen LogP contribution in [-0.2, 0) is 22.7 Å². The standard InChI is InChI=1S/C19H17ClF3N3O2S/c20-17-7-6-15(19(21,22)23)10-18(17)29(27,28)26(11-14-4-2-1-3-5-14)16-8-9-25(12-16)13-24/h1-7,10,16H,8-9,11-12H2. The molecule has 0 spiro atoms. The van der Waals surface area contributed by atoms with Crippen LogP contribution < -0.4 is 0 Å². The Bertz CT molecular complexity index is 1020. The summed E-state index contributed by atoms with van der Waals surface area (Å²) in [6, 6.07) is 10.4. The lowest BCUT2D eigenvalue weighted by Gasteiger charge is -2.28. The van der Waals surface area contributed by atoms with Gasteiger partial charge in [-0.25, -0.2) is 8.42 Å². The Kier molecular flexibility index (Phi) is 6.08. The van der Waals surface area contributed by atoms with E-state index in [4.69, 9.17) is 16.9 Å². The van der Waals surface area contributed by atoms with Gasteiger partial charge in [-0.2, -0.15) is 22.7 Å². The minimum Gasteiger partial charge on any atom is -0.309 e. The van der Waals surface area contributed by atoms with Gasteiger partial charge in [-0.3, -0.25) is 0 Å². The summed E-state index contributed by atoms with van der Waals surface area (Å²) < 4.78 is 67.3. The average molecular weight is 444 g/mol. The SMILES string of the molecule is N#CN1CCC(N(Cc2ccccc2)S(=O)(=O)c2cc(C(F)(F)F)ccc2Cl)C1. The molecule has 5 nitrogen and oxygen atoms in total. The van der Waals surface area contributed by atoms with Crippen molar-refractivity contribution in [2.45, 2.75) is 30.1 Å². The van der Waals surface area contributed by atoms with Crippen molar-refractivity contribution in [3.05, 3.63) is 64.7 Å². The van der Waals surface area contributed by atoms with Crippen LogP contribution >= 0.6 is 11.6 Å². The van der Waals surface area contributed by atoms with Crippen LogP contribution in [0, 0.1) is 11.5 Å². The van der Waals surface area contributed by atoms with Crippen molar-refractivity contribution in [1.29, 1.82) is 5.26 Å². The normalized spacial score (nSPS) is 17.5. The lowest BCUT2D eigenvalue weighted by Crippen LogP contribution is -2.41. The molecule has 1 saturated heterocycles. The van der Waals surface area contributed by atoms with Crippen molar-refractivity contribution in [1.82, 2.24) is 9.21 Å². The van der Waals surface area contributed by atoms with Gasteiger partial charge in [-0.1, -0.05) is 41.9 Å². The fourth-order valence-corrected chi connectivity index (χ4v) is 5.38. The van der Waals surface area contributed by atoms with Crippen LogP contribution in [0.15, 0.2) is 53.4 Å². The monoisotopic (exact) mass is 443 g/mol. The Morgan fingerprint density at radius 1 is 1.21 bits per heavy atom. The lowest BCUT2D eigenvalue weighted by atomic mass is 10.2. The molecule has 1 aliphatic heterocycles. The predicted octanol–water partition coefficient (Wildman–Crippen LogP) is 4.11. The summed E-state index contributed by atoms with van der Waals surface area (Å²) in [5.74, 6) is 0. The highest BCUT2D eigenvalue weighted by atomic mass is 35.5. The first-order valence-electron chi connectivity index (χ1n) is 8.70. The summed E-state index contributed by atoms with van der Waals surface area (Å²) >= 11 is 6.00. The molecule has 1 atom stereocenters. The van der Waals surface area contributed by atoms with E-state index >= 15 is 0 Å². The number of nitrogens with zero attached hydrogens (tertiary/aromatic N) is 3. The third kappa shape index (κ3) is 4.66. The molecule has 1 fully saturated rings. The van der Waals surface area contributed by atoms with Crippen LogP contribution in [0.25, 0.3) is 0 Å². The molecule has 0 bridgehead atoms. The molecule has 29 heavy (non-hydrogen) atoms. The fourth-order valence-electron chi connectivity index (χ4n) is 3.25. The molecule has 0 aliphatic carbocycles. The summed E-state index contributed by atoms with van der Waals surface area (Å²) in [6.45, 7) is 0.497. The van der Waals surface area contributed by atoms with Crippen LogP contribution in [0.2, 0.25) is 5.02 Å². The highest BCUT2D eigenvalue weighted by Gasteiger charge is 2.39. The number of alkyl halides is 3. The van der Waals surface area contributed by atoms with Gasteiger partial charge in [0.25, 0.3) is 0 Å². The van der Waals surface area contributed by atoms with Gasteiger partial charge in [-0.15, -0.1) is 0 Å². The number of hydrogen-bond donors (Lipinski definition) is 0. The van der Waals surface area contributed by atoms with Crippen LogP contribution in [0.5, 0.6) is 0 Å². The molecule has 2 aromatic carbocycles. The van der Waals surface area contributed by atoms with Crippen LogP contribution in [0.1, 0.15) is 17.5 Å². The second-order valence-corrected chi connectivity index (χ2v) is 8.93. The van der Waals surface area contributed by atoms with Gasteiger partial charge in [0.1, 0.15) is 4.90 Å². The van der Waals surface area contributed by atoms with Crippen molar-refractivity contribution in [2.75, 3.05) is 13.1 Å². The van der Waals surface area contributed by atoms with E-state index in [1.165, 1.54) is 4.90 Å². The van der Waals surface area contributed by atoms with E-state index in [0.717, 1.165) is 16.4 Å². The summed E-state index contributed by atoms with van der Waals surface area (Å²) in [5, 5.41) is 8.82. The molecule has 10 heteroatoms. The molecule has 1 heterocycles. The summed E-state index contributed by atoms with van der Waals surface area (Å²) in [7, 11) is -4.36. The third-order valence-corrected chi connectivity index (χ3v) is 7.12. The molecule has 3 rings (SSSR count). The molecule has 0 amide bonds. The number of halogens is 4. The first kappa shape index (κ1) is 21.4. The average Bonchev–Trinajstić information content (AvgIpc) is 3.15. The number of likely N-dealkylation sites (tertiary alicyclic amines) is 1. The second-order valence-electron chi connectivity index (χ2n) is 6.67. The third-order valence-electron chi connectivity index (χ3n) is 4.74. The Morgan fingerprint density at radius 2 is 1.90 bits per heavy atom. The molecule has 0 aromatic heterocycles. The van der Waals surface area contributed by atoms with E-state index in [2.05, 4.69) is 0 Å². The van der Waals surface area contributed by atoms with E-state index < -0.39 is 32.7 Å². The molecule has 1 unspecified atom stereocenters. The second kappa shape index (κ2) is 8.22. The molecule has 154 valence electrons. The molecule has 0 N–H and O–H groups in total. The first-order chi connectivity index (χ1) is 13.6. The first-order valence-corrected chi connectivity index (χ1v) is 10.5. The molecule has 2 aromatic rings. The van der Waals surface area contributed by atoms with E-state index in [1.807, 2.05) is 6.19 Å². The highest BCUT2D eigenvalue weighted by molar-refractivity contribution is 7.89. The van der Waals surface area contributed by atoms with Gasteiger partial charge in [-0.05, 0) is 30.2 Å². The maximum absolute atomic E-state index is 13.4. The van der Waals surface area contributed by atoms with Crippen molar-refractivity contribution in [2.24, 2.45) is 0 Å². The van der Waals surface area contributed by atoms with E-state index in [0.29, 0.717) is 24.6 Å². The Hall–Kier alpha value is -2.28. The summed E-state index contributed by atoms with van der Waals surface area (Å²) in [6.07, 6.45) is -2.34. The molecular formula is C19H17ClF3N3O2S. The highest BCUT2D eigenvalue weighted by Crippen LogP contribution is 2.36. The number of nitriles is 1. The number of rotatable bonds is 5. The quantitative estimate of drug-likeness (QED) is 0.652. The van der Waals surface area contributed by atoms with Crippen molar-refractivity contribution < 1.29 is 21.6 Å². The Balaban J connectivity index is 2.06. The van der Waals surface area contributed by atoms with Gasteiger partial charge >= 0.3 is 6.18 Å². The molecule has 0 radical (unpaired) electrons. The number of sulfonamides is 1. The minimum atomic E-state index is -4.70. The molecule has 0 saturated carbocycles. The molecule has 1 aliphatic rings. The topological polar surface area (TPSA) is 64.4 Å². The Morgan fingerprint density at radius 3 is 2.48 bits per heavy atom.